The molecule has 0 radical (unpaired) electrons. The topological polar surface area (TPSA) is 173 Å². The molecular weight excluding hydrogens is 513 g/mol. The first kappa shape index (κ1) is 28.6. The van der Waals surface area contributed by atoms with Crippen molar-refractivity contribution in [3.63, 3.8) is 0 Å². The number of amides is 3. The maximum atomic E-state index is 13.1. The van der Waals surface area contributed by atoms with Crippen LogP contribution in [0.1, 0.15) is 55.5 Å². The molecular formula is C24H31B3N8O5. The SMILES string of the molecule is BC(B)(B)NC(=O)c1nnc(NC(=O)C2CC2)cc1Nc1cccc(-c2nc([C@@H](C)NC(=O)CC)no2)c1OC. The van der Waals surface area contributed by atoms with Crippen molar-refractivity contribution in [2.24, 2.45) is 5.92 Å². The molecule has 2 heterocycles. The first-order chi connectivity index (χ1) is 19.0. The molecule has 0 unspecified atom stereocenters. The summed E-state index contributed by atoms with van der Waals surface area (Å²) in [6.45, 7) is 3.52. The van der Waals surface area contributed by atoms with Gasteiger partial charge in [0.25, 0.3) is 11.8 Å². The van der Waals surface area contributed by atoms with Gasteiger partial charge in [0.1, 0.15) is 23.5 Å². The van der Waals surface area contributed by atoms with Gasteiger partial charge in [-0.2, -0.15) is 4.98 Å². The molecule has 0 spiro atoms. The number of carbonyl (C=O) groups excluding carboxylic acids is 3. The lowest BCUT2D eigenvalue weighted by Gasteiger charge is -2.21. The van der Waals surface area contributed by atoms with E-state index in [1.807, 2.05) is 23.5 Å². The first-order valence-corrected chi connectivity index (χ1v) is 13.1. The molecule has 1 fully saturated rings. The van der Waals surface area contributed by atoms with Crippen LogP contribution in [0.15, 0.2) is 28.8 Å². The number of benzene rings is 1. The standard InChI is InChI=1S/C24H31B3N8O5/c1-4-17(36)28-11(2)20-31-23(40-35-20)13-6-5-7-14(19(13)39-3)29-15-10-16(30-21(37)12-8-9-12)33-34-18(15)22(38)32-24(25,26)27/h5-7,10-12H,4,8-9,25-27H2,1-3H3,(H,28,36)(H,32,38)(H2,29,30,33,37)/t11-/m1/s1. The highest BCUT2D eigenvalue weighted by molar-refractivity contribution is 6.60. The average Bonchev–Trinajstić information content (AvgIpc) is 3.64. The largest absolute Gasteiger partial charge is 0.494 e. The van der Waals surface area contributed by atoms with Gasteiger partial charge < -0.3 is 30.5 Å². The summed E-state index contributed by atoms with van der Waals surface area (Å²) in [7, 11) is 7.06. The van der Waals surface area contributed by atoms with E-state index in [1.54, 1.807) is 38.1 Å². The number of ether oxygens (including phenoxy) is 1. The fourth-order valence-corrected chi connectivity index (χ4v) is 3.79. The Morgan fingerprint density at radius 2 is 1.93 bits per heavy atom. The average molecular weight is 544 g/mol. The summed E-state index contributed by atoms with van der Waals surface area (Å²) >= 11 is 0. The van der Waals surface area contributed by atoms with E-state index < -0.39 is 17.2 Å². The van der Waals surface area contributed by atoms with Crippen molar-refractivity contribution in [1.82, 2.24) is 31.0 Å². The third kappa shape index (κ3) is 6.99. The second-order valence-corrected chi connectivity index (χ2v) is 10.6. The van der Waals surface area contributed by atoms with E-state index in [-0.39, 0.29) is 35.1 Å². The van der Waals surface area contributed by atoms with Gasteiger partial charge in [0.15, 0.2) is 23.1 Å². The molecule has 0 aliphatic heterocycles. The lowest BCUT2D eigenvalue weighted by Crippen LogP contribution is -2.50. The number of hydrogen-bond acceptors (Lipinski definition) is 10. The lowest BCUT2D eigenvalue weighted by molar-refractivity contribution is -0.121. The highest BCUT2D eigenvalue weighted by Crippen LogP contribution is 2.38. The summed E-state index contributed by atoms with van der Waals surface area (Å²) in [5.41, 5.74) is 1.31. The van der Waals surface area contributed by atoms with E-state index in [9.17, 15) is 14.4 Å². The maximum absolute atomic E-state index is 13.1. The van der Waals surface area contributed by atoms with Crippen LogP contribution in [0.2, 0.25) is 0 Å². The molecule has 1 atom stereocenters. The lowest BCUT2D eigenvalue weighted by atomic mass is 9.49. The van der Waals surface area contributed by atoms with Gasteiger partial charge >= 0.3 is 0 Å². The molecule has 3 amide bonds. The summed E-state index contributed by atoms with van der Waals surface area (Å²) < 4.78 is 11.2. The zero-order valence-corrected chi connectivity index (χ0v) is 23.4. The molecule has 1 aliphatic rings. The number of aromatic nitrogens is 4. The molecule has 13 nitrogen and oxygen atoms in total. The van der Waals surface area contributed by atoms with Gasteiger partial charge in [-0.05, 0) is 37.1 Å². The van der Waals surface area contributed by atoms with E-state index >= 15 is 0 Å². The summed E-state index contributed by atoms with van der Waals surface area (Å²) in [4.78, 5) is 41.7. The molecule has 4 rings (SSSR count). The number of carbonyl (C=O) groups is 3. The smallest absolute Gasteiger partial charge is 0.272 e. The van der Waals surface area contributed by atoms with Gasteiger partial charge in [-0.25, -0.2) is 0 Å². The van der Waals surface area contributed by atoms with Gasteiger partial charge in [-0.1, -0.05) is 18.1 Å². The molecule has 206 valence electrons. The van der Waals surface area contributed by atoms with Crippen molar-refractivity contribution in [3.8, 4) is 17.2 Å². The number of hydrogen-bond donors (Lipinski definition) is 4. The molecule has 3 aromatic rings. The molecule has 4 N–H and O–H groups in total. The van der Waals surface area contributed by atoms with Crippen LogP contribution in [0.4, 0.5) is 17.2 Å². The van der Waals surface area contributed by atoms with Gasteiger partial charge in [0.2, 0.25) is 11.8 Å². The molecule has 1 aliphatic carbocycles. The fraction of sp³-hybridized carbons (Fsp3) is 0.375. The van der Waals surface area contributed by atoms with Crippen LogP contribution in [0.25, 0.3) is 11.5 Å². The van der Waals surface area contributed by atoms with Crippen molar-refractivity contribution in [2.45, 2.75) is 44.4 Å². The normalized spacial score (nSPS) is 13.7. The van der Waals surface area contributed by atoms with Gasteiger partial charge in [-0.3, -0.25) is 14.4 Å². The van der Waals surface area contributed by atoms with E-state index in [4.69, 9.17) is 9.26 Å². The summed E-state index contributed by atoms with van der Waals surface area (Å²) in [5, 5.41) is 23.3. The van der Waals surface area contributed by atoms with Crippen molar-refractivity contribution in [2.75, 3.05) is 17.7 Å². The Bertz CT molecular complexity index is 1420. The number of para-hydroxylation sites is 1. The van der Waals surface area contributed by atoms with Crippen molar-refractivity contribution in [1.29, 1.82) is 0 Å². The molecule has 2 aromatic heterocycles. The number of nitrogens with one attached hydrogen (secondary N) is 4. The summed E-state index contributed by atoms with van der Waals surface area (Å²) in [6, 6.07) is 6.35. The fourth-order valence-electron chi connectivity index (χ4n) is 3.79. The maximum Gasteiger partial charge on any atom is 0.272 e. The van der Waals surface area contributed by atoms with Crippen LogP contribution in [-0.4, -0.2) is 73.9 Å². The van der Waals surface area contributed by atoms with E-state index in [2.05, 4.69) is 41.6 Å². The second kappa shape index (κ2) is 11.8. The third-order valence-electron chi connectivity index (χ3n) is 5.94. The highest BCUT2D eigenvalue weighted by Gasteiger charge is 2.30. The van der Waals surface area contributed by atoms with Gasteiger partial charge in [0.05, 0.1) is 30.1 Å². The minimum Gasteiger partial charge on any atom is -0.494 e. The Kier molecular flexibility index (Phi) is 8.45. The van der Waals surface area contributed by atoms with Crippen LogP contribution < -0.4 is 26.0 Å². The van der Waals surface area contributed by atoms with Crippen molar-refractivity contribution in [3.05, 3.63) is 35.8 Å². The first-order valence-electron chi connectivity index (χ1n) is 13.1. The molecule has 40 heavy (non-hydrogen) atoms. The molecule has 1 saturated carbocycles. The minimum atomic E-state index is -0.518. The predicted octanol–water partition coefficient (Wildman–Crippen LogP) is -0.545. The zero-order valence-electron chi connectivity index (χ0n) is 23.4. The van der Waals surface area contributed by atoms with E-state index in [0.717, 1.165) is 12.8 Å². The highest BCUT2D eigenvalue weighted by atomic mass is 16.5. The molecule has 1 aromatic carbocycles. The third-order valence-corrected chi connectivity index (χ3v) is 5.94. The van der Waals surface area contributed by atoms with Gasteiger partial charge in [-0.15, -0.1) is 10.2 Å². The van der Waals surface area contributed by atoms with Crippen LogP contribution in [0, 0.1) is 5.92 Å². The minimum absolute atomic E-state index is 0.0313. The Labute approximate surface area is 234 Å². The number of anilines is 3. The summed E-state index contributed by atoms with van der Waals surface area (Å²) in [6.07, 6.45) is 2.01. The predicted molar refractivity (Wildman–Crippen MR) is 156 cm³/mol. The van der Waals surface area contributed by atoms with Crippen LogP contribution in [0.5, 0.6) is 5.75 Å². The van der Waals surface area contributed by atoms with E-state index in [1.165, 1.54) is 7.11 Å². The van der Waals surface area contributed by atoms with Crippen LogP contribution in [0.3, 0.4) is 0 Å². The van der Waals surface area contributed by atoms with Gasteiger partial charge in [0, 0.05) is 18.4 Å². The number of nitrogens with zero attached hydrogens (tertiary/aromatic N) is 4. The monoisotopic (exact) mass is 544 g/mol. The Morgan fingerprint density at radius 1 is 1.18 bits per heavy atom. The van der Waals surface area contributed by atoms with E-state index in [0.29, 0.717) is 34.9 Å². The zero-order chi connectivity index (χ0) is 29.0. The Balaban J connectivity index is 1.68. The Morgan fingerprint density at radius 3 is 2.58 bits per heavy atom. The van der Waals surface area contributed by atoms with Crippen LogP contribution in [-0.2, 0) is 9.59 Å². The van der Waals surface area contributed by atoms with Crippen molar-refractivity contribution < 1.29 is 23.6 Å². The molecule has 0 saturated heterocycles. The van der Waals surface area contributed by atoms with Crippen LogP contribution >= 0.6 is 0 Å². The second-order valence-electron chi connectivity index (χ2n) is 10.6. The molecule has 0 bridgehead atoms. The number of methoxy groups -OCH3 is 1. The summed E-state index contributed by atoms with van der Waals surface area (Å²) in [5.74, 6) is 0.336. The number of rotatable bonds is 11. The van der Waals surface area contributed by atoms with Crippen molar-refractivity contribution >= 4 is 58.5 Å². The quantitative estimate of drug-likeness (QED) is 0.230. The molecule has 16 heteroatoms. The Hall–Kier alpha value is -4.36.